The summed E-state index contributed by atoms with van der Waals surface area (Å²) in [6.45, 7) is 5.72. The first-order valence-corrected chi connectivity index (χ1v) is 7.52. The summed E-state index contributed by atoms with van der Waals surface area (Å²) in [7, 11) is 1.76. The molecule has 0 saturated heterocycles. The summed E-state index contributed by atoms with van der Waals surface area (Å²) in [6.07, 6.45) is -0.508. The zero-order chi connectivity index (χ0) is 17.0. The average Bonchev–Trinajstić information content (AvgIpc) is 2.74. The van der Waals surface area contributed by atoms with Gasteiger partial charge in [-0.2, -0.15) is 5.10 Å². The lowest BCUT2D eigenvalue weighted by atomic mass is 10.2. The Bertz CT molecular complexity index is 673. The number of hydrogen-bond donors (Lipinski definition) is 1. The van der Waals surface area contributed by atoms with Gasteiger partial charge in [0.25, 0.3) is 0 Å². The van der Waals surface area contributed by atoms with Crippen molar-refractivity contribution >= 4 is 23.4 Å². The van der Waals surface area contributed by atoms with Crippen molar-refractivity contribution in [1.82, 2.24) is 9.78 Å². The van der Waals surface area contributed by atoms with Crippen molar-refractivity contribution in [3.63, 3.8) is 0 Å². The molecule has 0 spiro atoms. The van der Waals surface area contributed by atoms with Crippen molar-refractivity contribution in [2.45, 2.75) is 33.0 Å². The van der Waals surface area contributed by atoms with Crippen LogP contribution in [0.3, 0.4) is 0 Å². The standard InChI is InChI=1S/C16H20ClN3O3/c1-16(2,3)23-15(21)18-11-6-5-7-13(8-11)22-10-12-9-14(17)20(4)19-12/h5-9H,10H2,1-4H3,(H,18,21). The molecule has 7 heteroatoms. The number of aromatic nitrogens is 2. The van der Waals surface area contributed by atoms with Crippen LogP contribution in [0.15, 0.2) is 30.3 Å². The van der Waals surface area contributed by atoms with Gasteiger partial charge >= 0.3 is 6.09 Å². The molecule has 2 rings (SSSR count). The Morgan fingerprint density at radius 2 is 2.09 bits per heavy atom. The molecule has 1 N–H and O–H groups in total. The monoisotopic (exact) mass is 337 g/mol. The van der Waals surface area contributed by atoms with Gasteiger partial charge in [0, 0.05) is 24.9 Å². The highest BCUT2D eigenvalue weighted by Gasteiger charge is 2.16. The third-order valence-corrected chi connectivity index (χ3v) is 3.09. The summed E-state index contributed by atoms with van der Waals surface area (Å²) in [5.41, 5.74) is 0.773. The molecule has 23 heavy (non-hydrogen) atoms. The Morgan fingerprint density at radius 1 is 1.35 bits per heavy atom. The Kier molecular flexibility index (Phi) is 5.15. The van der Waals surface area contributed by atoms with E-state index in [-0.39, 0.29) is 6.61 Å². The van der Waals surface area contributed by atoms with Gasteiger partial charge in [-0.25, -0.2) is 4.79 Å². The fourth-order valence-electron chi connectivity index (χ4n) is 1.81. The second kappa shape index (κ2) is 6.91. The van der Waals surface area contributed by atoms with Gasteiger partial charge in [0.05, 0.1) is 0 Å². The molecule has 1 amide bonds. The predicted molar refractivity (Wildman–Crippen MR) is 88.8 cm³/mol. The molecule has 124 valence electrons. The molecular weight excluding hydrogens is 318 g/mol. The molecule has 0 saturated carbocycles. The SMILES string of the molecule is Cn1nc(COc2cccc(NC(=O)OC(C)(C)C)c2)cc1Cl. The number of carbonyl (C=O) groups is 1. The number of amides is 1. The largest absolute Gasteiger partial charge is 0.487 e. The number of anilines is 1. The fourth-order valence-corrected chi connectivity index (χ4v) is 1.98. The number of nitrogens with zero attached hydrogens (tertiary/aromatic N) is 2. The first-order valence-electron chi connectivity index (χ1n) is 7.14. The molecule has 1 heterocycles. The molecule has 0 aliphatic heterocycles. The highest BCUT2D eigenvalue weighted by atomic mass is 35.5. The number of rotatable bonds is 4. The van der Waals surface area contributed by atoms with Crippen LogP contribution in [0.2, 0.25) is 5.15 Å². The van der Waals surface area contributed by atoms with E-state index < -0.39 is 11.7 Å². The Balaban J connectivity index is 1.95. The van der Waals surface area contributed by atoms with E-state index in [0.717, 1.165) is 5.69 Å². The maximum absolute atomic E-state index is 11.8. The third-order valence-electron chi connectivity index (χ3n) is 2.74. The van der Waals surface area contributed by atoms with Gasteiger partial charge in [-0.05, 0) is 32.9 Å². The number of hydrogen-bond acceptors (Lipinski definition) is 4. The number of aryl methyl sites for hydroxylation is 1. The molecular formula is C16H20ClN3O3. The molecule has 1 aromatic carbocycles. The van der Waals surface area contributed by atoms with Crippen LogP contribution in [0.1, 0.15) is 26.5 Å². The minimum absolute atomic E-state index is 0.288. The zero-order valence-electron chi connectivity index (χ0n) is 13.6. The van der Waals surface area contributed by atoms with Gasteiger partial charge in [-0.1, -0.05) is 17.7 Å². The topological polar surface area (TPSA) is 65.4 Å². The second-order valence-corrected chi connectivity index (χ2v) is 6.41. The molecule has 6 nitrogen and oxygen atoms in total. The van der Waals surface area contributed by atoms with Gasteiger partial charge in [0.2, 0.25) is 0 Å². The van der Waals surface area contributed by atoms with Gasteiger partial charge < -0.3 is 9.47 Å². The molecule has 0 fully saturated rings. The lowest BCUT2D eigenvalue weighted by molar-refractivity contribution is 0.0636. The molecule has 0 bridgehead atoms. The quantitative estimate of drug-likeness (QED) is 0.915. The van der Waals surface area contributed by atoms with Gasteiger partial charge in [-0.15, -0.1) is 0 Å². The molecule has 0 atom stereocenters. The molecule has 0 aliphatic rings. The highest BCUT2D eigenvalue weighted by molar-refractivity contribution is 6.29. The van der Waals surface area contributed by atoms with E-state index in [1.807, 2.05) is 20.8 Å². The number of carbonyl (C=O) groups excluding carboxylic acids is 1. The van der Waals surface area contributed by atoms with Crippen LogP contribution in [-0.2, 0) is 18.4 Å². The predicted octanol–water partition coefficient (Wildman–Crippen LogP) is 4.00. The lowest BCUT2D eigenvalue weighted by Gasteiger charge is -2.19. The molecule has 0 aliphatic carbocycles. The minimum Gasteiger partial charge on any atom is -0.487 e. The Morgan fingerprint density at radius 3 is 2.70 bits per heavy atom. The van der Waals surface area contributed by atoms with Crippen LogP contribution in [0.5, 0.6) is 5.75 Å². The summed E-state index contributed by atoms with van der Waals surface area (Å²) in [5.74, 6) is 0.611. The van der Waals surface area contributed by atoms with Crippen molar-refractivity contribution in [3.8, 4) is 5.75 Å². The number of ether oxygens (including phenoxy) is 2. The van der Waals surface area contributed by atoms with Crippen LogP contribution in [0.4, 0.5) is 10.5 Å². The number of halogens is 1. The smallest absolute Gasteiger partial charge is 0.412 e. The summed E-state index contributed by atoms with van der Waals surface area (Å²) in [4.78, 5) is 11.8. The Labute approximate surface area is 140 Å². The average molecular weight is 338 g/mol. The van der Waals surface area contributed by atoms with Crippen LogP contribution in [0, 0.1) is 0 Å². The van der Waals surface area contributed by atoms with Gasteiger partial charge in [0.15, 0.2) is 0 Å². The maximum atomic E-state index is 11.8. The minimum atomic E-state index is -0.545. The van der Waals surface area contributed by atoms with E-state index in [4.69, 9.17) is 21.1 Å². The van der Waals surface area contributed by atoms with Crippen molar-refractivity contribution in [2.75, 3.05) is 5.32 Å². The number of nitrogens with one attached hydrogen (secondary N) is 1. The van der Waals surface area contributed by atoms with E-state index in [1.54, 1.807) is 42.1 Å². The Hall–Kier alpha value is -2.21. The maximum Gasteiger partial charge on any atom is 0.412 e. The lowest BCUT2D eigenvalue weighted by Crippen LogP contribution is -2.27. The van der Waals surface area contributed by atoms with Crippen LogP contribution in [0.25, 0.3) is 0 Å². The molecule has 2 aromatic rings. The van der Waals surface area contributed by atoms with E-state index in [1.165, 1.54) is 0 Å². The second-order valence-electron chi connectivity index (χ2n) is 6.03. The van der Waals surface area contributed by atoms with Gasteiger partial charge in [-0.3, -0.25) is 10.00 Å². The van der Waals surface area contributed by atoms with Crippen molar-refractivity contribution in [2.24, 2.45) is 7.05 Å². The number of benzene rings is 1. The normalized spacial score (nSPS) is 11.2. The fraction of sp³-hybridized carbons (Fsp3) is 0.375. The summed E-state index contributed by atoms with van der Waals surface area (Å²) < 4.78 is 12.4. The van der Waals surface area contributed by atoms with Crippen LogP contribution < -0.4 is 10.1 Å². The summed E-state index contributed by atoms with van der Waals surface area (Å²) >= 11 is 5.93. The zero-order valence-corrected chi connectivity index (χ0v) is 14.3. The molecule has 0 radical (unpaired) electrons. The van der Waals surface area contributed by atoms with Gasteiger partial charge in [0.1, 0.15) is 28.8 Å². The van der Waals surface area contributed by atoms with Crippen molar-refractivity contribution in [3.05, 3.63) is 41.2 Å². The van der Waals surface area contributed by atoms with E-state index in [0.29, 0.717) is 16.6 Å². The first kappa shape index (κ1) is 17.1. The van der Waals surface area contributed by atoms with Crippen molar-refractivity contribution < 1.29 is 14.3 Å². The summed E-state index contributed by atoms with van der Waals surface area (Å²) in [6, 6.07) is 8.80. The highest BCUT2D eigenvalue weighted by Crippen LogP contribution is 2.20. The van der Waals surface area contributed by atoms with E-state index in [2.05, 4.69) is 10.4 Å². The molecule has 1 aromatic heterocycles. The van der Waals surface area contributed by atoms with Crippen LogP contribution in [-0.4, -0.2) is 21.5 Å². The van der Waals surface area contributed by atoms with Crippen LogP contribution >= 0.6 is 11.6 Å². The molecule has 0 unspecified atom stereocenters. The third kappa shape index (κ3) is 5.49. The first-order chi connectivity index (χ1) is 10.7. The van der Waals surface area contributed by atoms with E-state index >= 15 is 0 Å². The van der Waals surface area contributed by atoms with Crippen molar-refractivity contribution in [1.29, 1.82) is 0 Å². The van der Waals surface area contributed by atoms with E-state index in [9.17, 15) is 4.79 Å². The summed E-state index contributed by atoms with van der Waals surface area (Å²) in [5, 5.41) is 7.42.